The SMILES string of the molecule is Cc1cc2cc(C(C)C)cccc-2c1-c1oc2ccccc2c1-c1c(C)cc2cc(C(C)C)cccc1-2. The van der Waals surface area contributed by atoms with Crippen LogP contribution in [0.3, 0.4) is 0 Å². The van der Waals surface area contributed by atoms with E-state index in [1.165, 1.54) is 66.6 Å². The number of aryl methyl sites for hydroxylation is 2. The molecule has 0 bridgehead atoms. The molecule has 0 N–H and O–H groups in total. The predicted octanol–water partition coefficient (Wildman–Crippen LogP) is 10.8. The normalized spacial score (nSPS) is 12.0. The van der Waals surface area contributed by atoms with Gasteiger partial charge < -0.3 is 4.42 Å². The summed E-state index contributed by atoms with van der Waals surface area (Å²) in [6.07, 6.45) is 0. The van der Waals surface area contributed by atoms with E-state index in [4.69, 9.17) is 4.42 Å². The fourth-order valence-electron chi connectivity index (χ4n) is 5.87. The summed E-state index contributed by atoms with van der Waals surface area (Å²) >= 11 is 0. The zero-order chi connectivity index (χ0) is 25.8. The van der Waals surface area contributed by atoms with E-state index in [1.54, 1.807) is 0 Å². The first-order valence-electron chi connectivity index (χ1n) is 13.4. The largest absolute Gasteiger partial charge is 0.455 e. The Kier molecular flexibility index (Phi) is 5.68. The summed E-state index contributed by atoms with van der Waals surface area (Å²) in [7, 11) is 0. The summed E-state index contributed by atoms with van der Waals surface area (Å²) in [4.78, 5) is 0. The second-order valence-electron chi connectivity index (χ2n) is 11.1. The fraction of sp³-hybridized carbons (Fsp3) is 0.222. The molecule has 184 valence electrons. The van der Waals surface area contributed by atoms with Crippen molar-refractivity contribution in [1.82, 2.24) is 0 Å². The van der Waals surface area contributed by atoms with Crippen molar-refractivity contribution in [2.45, 2.75) is 53.4 Å². The molecule has 4 aliphatic carbocycles. The molecule has 4 aliphatic rings. The number of benzene rings is 1. The number of hydrogen-bond acceptors (Lipinski definition) is 1. The Labute approximate surface area is 220 Å². The highest BCUT2D eigenvalue weighted by Crippen LogP contribution is 2.51. The predicted molar refractivity (Wildman–Crippen MR) is 158 cm³/mol. The summed E-state index contributed by atoms with van der Waals surface area (Å²) in [6.45, 7) is 13.5. The maximum absolute atomic E-state index is 6.75. The van der Waals surface area contributed by atoms with Crippen molar-refractivity contribution in [3.05, 3.63) is 107 Å². The molecule has 37 heavy (non-hydrogen) atoms. The first-order chi connectivity index (χ1) is 17.8. The zero-order valence-electron chi connectivity index (χ0n) is 22.6. The van der Waals surface area contributed by atoms with E-state index < -0.39 is 0 Å². The highest BCUT2D eigenvalue weighted by Gasteiger charge is 2.27. The molecular formula is C36H34O. The van der Waals surface area contributed by atoms with Gasteiger partial charge in [-0.2, -0.15) is 0 Å². The molecule has 0 unspecified atom stereocenters. The Hall–Kier alpha value is -3.84. The minimum absolute atomic E-state index is 0.478. The van der Waals surface area contributed by atoms with Crippen LogP contribution >= 0.6 is 0 Å². The van der Waals surface area contributed by atoms with E-state index in [0.717, 1.165) is 11.3 Å². The van der Waals surface area contributed by atoms with Gasteiger partial charge in [0.25, 0.3) is 0 Å². The summed E-state index contributed by atoms with van der Waals surface area (Å²) in [6, 6.07) is 31.3. The molecule has 0 aliphatic heterocycles. The molecule has 0 atom stereocenters. The Bertz CT molecular complexity index is 1690. The van der Waals surface area contributed by atoms with Gasteiger partial charge >= 0.3 is 0 Å². The van der Waals surface area contributed by atoms with E-state index in [2.05, 4.69) is 126 Å². The molecule has 0 radical (unpaired) electrons. The molecule has 1 heteroatoms. The number of rotatable bonds is 4. The lowest BCUT2D eigenvalue weighted by atomic mass is 9.93. The van der Waals surface area contributed by atoms with Gasteiger partial charge in [-0.1, -0.05) is 107 Å². The van der Waals surface area contributed by atoms with E-state index in [1.807, 2.05) is 0 Å². The molecule has 6 rings (SSSR count). The highest BCUT2D eigenvalue weighted by atomic mass is 16.3. The van der Waals surface area contributed by atoms with E-state index in [9.17, 15) is 0 Å². The van der Waals surface area contributed by atoms with Crippen LogP contribution in [0.5, 0.6) is 0 Å². The number of fused-ring (bicyclic) bond motifs is 3. The second-order valence-corrected chi connectivity index (χ2v) is 11.1. The fourth-order valence-corrected chi connectivity index (χ4v) is 5.87. The third kappa shape index (κ3) is 3.85. The maximum atomic E-state index is 6.75. The van der Waals surface area contributed by atoms with E-state index >= 15 is 0 Å². The Morgan fingerprint density at radius 1 is 0.541 bits per heavy atom. The molecule has 1 nitrogen and oxygen atoms in total. The molecule has 1 heterocycles. The summed E-state index contributed by atoms with van der Waals surface area (Å²) < 4.78 is 6.75. The number of furan rings is 1. The van der Waals surface area contributed by atoms with Crippen LogP contribution in [-0.4, -0.2) is 0 Å². The number of hydrogen-bond donors (Lipinski definition) is 0. The topological polar surface area (TPSA) is 13.1 Å². The third-order valence-corrected chi connectivity index (χ3v) is 7.85. The minimum atomic E-state index is 0.478. The van der Waals surface area contributed by atoms with Crippen LogP contribution in [0.1, 0.15) is 61.8 Å². The first-order valence-corrected chi connectivity index (χ1v) is 13.4. The average molecular weight is 483 g/mol. The summed E-state index contributed by atoms with van der Waals surface area (Å²) in [5.74, 6) is 1.93. The standard InChI is InChI=1S/C36H34O/c1-21(2)25-11-9-14-29-27(19-25)17-23(5)33(29)35-31-13-7-8-16-32(31)37-36(35)34-24(6)18-28-20-26(22(3)4)12-10-15-30(28)34/h7-22H,1-6H3. The van der Waals surface area contributed by atoms with Gasteiger partial charge in [-0.15, -0.1) is 0 Å². The van der Waals surface area contributed by atoms with Crippen LogP contribution in [0.2, 0.25) is 0 Å². The summed E-state index contributed by atoms with van der Waals surface area (Å²) in [5.41, 5.74) is 14.9. The molecular weight excluding hydrogens is 448 g/mol. The maximum Gasteiger partial charge on any atom is 0.144 e. The first kappa shape index (κ1) is 23.6. The van der Waals surface area contributed by atoms with Crippen LogP contribution in [0.25, 0.3) is 55.7 Å². The molecule has 0 saturated carbocycles. The second kappa shape index (κ2) is 8.92. The quantitative estimate of drug-likeness (QED) is 0.243. The monoisotopic (exact) mass is 482 g/mol. The van der Waals surface area contributed by atoms with E-state index in [0.29, 0.717) is 11.8 Å². The minimum Gasteiger partial charge on any atom is -0.455 e. The van der Waals surface area contributed by atoms with Crippen molar-refractivity contribution < 1.29 is 4.42 Å². The van der Waals surface area contributed by atoms with Crippen LogP contribution in [0.4, 0.5) is 0 Å². The van der Waals surface area contributed by atoms with Gasteiger partial charge in [-0.3, -0.25) is 0 Å². The lowest BCUT2D eigenvalue weighted by Crippen LogP contribution is -1.85. The Morgan fingerprint density at radius 3 is 1.68 bits per heavy atom. The van der Waals surface area contributed by atoms with E-state index in [-0.39, 0.29) is 0 Å². The van der Waals surface area contributed by atoms with Gasteiger partial charge in [0.2, 0.25) is 0 Å². The van der Waals surface area contributed by atoms with Crippen molar-refractivity contribution >= 4 is 11.0 Å². The summed E-state index contributed by atoms with van der Waals surface area (Å²) in [5, 5.41) is 1.17. The third-order valence-electron chi connectivity index (χ3n) is 7.85. The van der Waals surface area contributed by atoms with Crippen molar-refractivity contribution in [2.75, 3.05) is 0 Å². The lowest BCUT2D eigenvalue weighted by Gasteiger charge is -2.09. The van der Waals surface area contributed by atoms with Gasteiger partial charge in [0, 0.05) is 16.5 Å². The van der Waals surface area contributed by atoms with Crippen LogP contribution in [0, 0.1) is 13.8 Å². The molecule has 2 aromatic rings. The van der Waals surface area contributed by atoms with Gasteiger partial charge in [0.1, 0.15) is 11.3 Å². The van der Waals surface area contributed by atoms with Gasteiger partial charge in [-0.05, 0) is 81.8 Å². The van der Waals surface area contributed by atoms with Crippen molar-refractivity contribution in [3.8, 4) is 44.7 Å². The van der Waals surface area contributed by atoms with Gasteiger partial charge in [0.05, 0.1) is 0 Å². The van der Waals surface area contributed by atoms with Crippen LogP contribution in [0.15, 0.2) is 89.3 Å². The Balaban J connectivity index is 1.66. The molecule has 0 saturated heterocycles. The molecule has 0 spiro atoms. The Morgan fingerprint density at radius 2 is 1.08 bits per heavy atom. The van der Waals surface area contributed by atoms with Gasteiger partial charge in [0.15, 0.2) is 0 Å². The highest BCUT2D eigenvalue weighted by molar-refractivity contribution is 6.09. The molecule has 0 fully saturated rings. The van der Waals surface area contributed by atoms with Crippen molar-refractivity contribution in [2.24, 2.45) is 0 Å². The van der Waals surface area contributed by atoms with Gasteiger partial charge in [-0.25, -0.2) is 0 Å². The van der Waals surface area contributed by atoms with Crippen LogP contribution < -0.4 is 0 Å². The lowest BCUT2D eigenvalue weighted by molar-refractivity contribution is 0.632. The average Bonchev–Trinajstić information content (AvgIpc) is 3.33. The molecule has 0 amide bonds. The van der Waals surface area contributed by atoms with Crippen molar-refractivity contribution in [1.29, 1.82) is 0 Å². The molecule has 1 aromatic heterocycles. The number of para-hydroxylation sites is 1. The van der Waals surface area contributed by atoms with Crippen molar-refractivity contribution in [3.63, 3.8) is 0 Å². The zero-order valence-corrected chi connectivity index (χ0v) is 22.6. The molecule has 1 aromatic carbocycles. The smallest absolute Gasteiger partial charge is 0.144 e. The van der Waals surface area contributed by atoms with Crippen LogP contribution in [-0.2, 0) is 0 Å².